The molecule has 0 spiro atoms. The fraction of sp³-hybridized carbons (Fsp3) is 0.690. The first-order valence-electron chi connectivity index (χ1n) is 14.1. The molecular weight excluding hydrogens is 484 g/mol. The van der Waals surface area contributed by atoms with Crippen molar-refractivity contribution in [2.24, 2.45) is 23.2 Å². The van der Waals surface area contributed by atoms with Crippen LogP contribution in [0.2, 0.25) is 0 Å². The van der Waals surface area contributed by atoms with Crippen molar-refractivity contribution in [3.63, 3.8) is 0 Å². The topological polar surface area (TPSA) is 103 Å². The summed E-state index contributed by atoms with van der Waals surface area (Å²) in [5.41, 5.74) is 1.18. The van der Waals surface area contributed by atoms with Crippen LogP contribution in [-0.2, 0) is 25.5 Å². The normalized spacial score (nSPS) is 31.0. The summed E-state index contributed by atoms with van der Waals surface area (Å²) in [5, 5.41) is 4.34. The largest absolute Gasteiger partial charge is 0.485 e. The van der Waals surface area contributed by atoms with Crippen LogP contribution in [0.3, 0.4) is 0 Å². The van der Waals surface area contributed by atoms with Gasteiger partial charge in [-0.05, 0) is 43.4 Å². The van der Waals surface area contributed by atoms with Crippen molar-refractivity contribution in [3.05, 3.63) is 24.2 Å². The number of carbonyl (C=O) groups is 3. The molecule has 38 heavy (non-hydrogen) atoms. The smallest absolute Gasteiger partial charge is 0.306 e. The Labute approximate surface area is 224 Å². The number of aryl methyl sites for hydroxylation is 1. The Morgan fingerprint density at radius 1 is 1.13 bits per heavy atom. The lowest BCUT2D eigenvalue weighted by Crippen LogP contribution is -2.46. The Morgan fingerprint density at radius 2 is 1.95 bits per heavy atom. The molecular formula is C29H40N4O5. The van der Waals surface area contributed by atoms with Crippen LogP contribution in [0, 0.1) is 23.2 Å². The molecule has 0 radical (unpaired) electrons. The van der Waals surface area contributed by atoms with E-state index in [9.17, 15) is 14.4 Å². The second kappa shape index (κ2) is 10.7. The highest BCUT2D eigenvalue weighted by molar-refractivity contribution is 5.87. The Bertz CT molecular complexity index is 1190. The molecule has 1 amide bonds. The zero-order valence-electron chi connectivity index (χ0n) is 23.0. The van der Waals surface area contributed by atoms with Crippen LogP contribution >= 0.6 is 0 Å². The predicted octanol–water partition coefficient (Wildman–Crippen LogP) is 4.01. The lowest BCUT2D eigenvalue weighted by molar-refractivity contribution is -0.153. The summed E-state index contributed by atoms with van der Waals surface area (Å²) < 4.78 is 14.1. The third-order valence-electron chi connectivity index (χ3n) is 8.59. The van der Waals surface area contributed by atoms with Gasteiger partial charge in [-0.2, -0.15) is 5.10 Å². The number of hydrogen-bond acceptors (Lipinski definition) is 7. The van der Waals surface area contributed by atoms with Crippen LogP contribution < -0.4 is 4.74 Å². The second-order valence-corrected chi connectivity index (χ2v) is 12.3. The van der Waals surface area contributed by atoms with E-state index in [1.165, 1.54) is 0 Å². The number of aldehydes is 1. The average Bonchev–Trinajstić information content (AvgIpc) is 3.27. The molecule has 2 aromatic heterocycles. The summed E-state index contributed by atoms with van der Waals surface area (Å²) >= 11 is 0. The molecule has 9 nitrogen and oxygen atoms in total. The Kier molecular flexibility index (Phi) is 7.47. The van der Waals surface area contributed by atoms with Crippen LogP contribution in [-0.4, -0.2) is 62.5 Å². The van der Waals surface area contributed by atoms with Crippen LogP contribution in [0.5, 0.6) is 5.75 Å². The van der Waals surface area contributed by atoms with Gasteiger partial charge in [0.15, 0.2) is 11.4 Å². The molecule has 9 heteroatoms. The maximum absolute atomic E-state index is 14.0. The first-order chi connectivity index (χ1) is 18.2. The van der Waals surface area contributed by atoms with Crippen molar-refractivity contribution >= 4 is 23.8 Å². The molecule has 2 fully saturated rings. The van der Waals surface area contributed by atoms with Gasteiger partial charge in [-0.1, -0.05) is 40.5 Å². The molecule has 2 aliphatic heterocycles. The van der Waals surface area contributed by atoms with Crippen molar-refractivity contribution in [1.82, 2.24) is 19.5 Å². The van der Waals surface area contributed by atoms with E-state index in [1.54, 1.807) is 15.6 Å². The summed E-state index contributed by atoms with van der Waals surface area (Å²) in [6.07, 6.45) is 10.5. The van der Waals surface area contributed by atoms with E-state index in [-0.39, 0.29) is 43.0 Å². The van der Waals surface area contributed by atoms with Gasteiger partial charge in [0.1, 0.15) is 18.5 Å². The van der Waals surface area contributed by atoms with Gasteiger partial charge in [-0.15, -0.1) is 0 Å². The van der Waals surface area contributed by atoms with Crippen molar-refractivity contribution in [3.8, 4) is 5.75 Å². The molecule has 4 heterocycles. The number of aromatic nitrogens is 3. The minimum atomic E-state index is -0.613. The average molecular weight is 525 g/mol. The lowest BCUT2D eigenvalue weighted by Gasteiger charge is -2.34. The van der Waals surface area contributed by atoms with Gasteiger partial charge in [0, 0.05) is 12.0 Å². The fourth-order valence-corrected chi connectivity index (χ4v) is 6.15. The Balaban J connectivity index is 1.48. The van der Waals surface area contributed by atoms with Gasteiger partial charge >= 0.3 is 5.97 Å². The number of carbonyl (C=O) groups excluding carboxylic acids is 3. The molecule has 6 atom stereocenters. The van der Waals surface area contributed by atoms with E-state index in [0.29, 0.717) is 18.1 Å². The number of ether oxygens (including phenoxy) is 2. The van der Waals surface area contributed by atoms with Crippen LogP contribution in [0.25, 0.3) is 5.65 Å². The van der Waals surface area contributed by atoms with Gasteiger partial charge in [0.05, 0.1) is 43.0 Å². The van der Waals surface area contributed by atoms with Crippen LogP contribution in [0.1, 0.15) is 78.3 Å². The first kappa shape index (κ1) is 26.6. The minimum Gasteiger partial charge on any atom is -0.485 e. The first-order valence-corrected chi connectivity index (χ1v) is 14.1. The third-order valence-corrected chi connectivity index (χ3v) is 8.59. The highest BCUT2D eigenvalue weighted by Crippen LogP contribution is 2.41. The number of hydrogen-bond donors (Lipinski definition) is 0. The van der Waals surface area contributed by atoms with Crippen LogP contribution in [0.15, 0.2) is 18.5 Å². The molecule has 5 rings (SSSR count). The predicted molar refractivity (Wildman–Crippen MR) is 140 cm³/mol. The molecule has 2 aromatic rings. The summed E-state index contributed by atoms with van der Waals surface area (Å²) in [4.78, 5) is 45.7. The molecule has 3 aliphatic rings. The Hall–Kier alpha value is -2.97. The molecule has 206 valence electrons. The maximum Gasteiger partial charge on any atom is 0.306 e. The van der Waals surface area contributed by atoms with E-state index in [4.69, 9.17) is 14.5 Å². The van der Waals surface area contributed by atoms with Crippen LogP contribution in [0.4, 0.5) is 0 Å². The molecule has 1 aliphatic carbocycles. The standard InChI is InChI=1S/C29H40N4O5/c1-5-19-22(17-34)32-15-24(19)37-25-16-33-26(11-12-30-33)31-21(25)10-8-6-7-9-18-13-23(18)38-27(35)14-20(28(32)36)29(2,3)4/h11-12,16-20,22-24H,5-10,13-15H2,1-4H3/t18-,19+,20-,22-,23-,24+/m1/s1. The highest BCUT2D eigenvalue weighted by atomic mass is 16.5. The summed E-state index contributed by atoms with van der Waals surface area (Å²) in [6.45, 7) is 8.18. The number of rotatable bonds is 2. The van der Waals surface area contributed by atoms with Gasteiger partial charge in [0.2, 0.25) is 5.91 Å². The zero-order valence-corrected chi connectivity index (χ0v) is 23.0. The maximum atomic E-state index is 14.0. The van der Waals surface area contributed by atoms with E-state index < -0.39 is 17.4 Å². The van der Waals surface area contributed by atoms with E-state index >= 15 is 0 Å². The van der Waals surface area contributed by atoms with E-state index in [2.05, 4.69) is 5.10 Å². The van der Waals surface area contributed by atoms with Gasteiger partial charge < -0.3 is 19.2 Å². The van der Waals surface area contributed by atoms with Gasteiger partial charge in [-0.25, -0.2) is 9.50 Å². The number of nitrogens with zero attached hydrogens (tertiary/aromatic N) is 4. The summed E-state index contributed by atoms with van der Waals surface area (Å²) in [6, 6.07) is 1.26. The highest BCUT2D eigenvalue weighted by Gasteiger charge is 2.49. The van der Waals surface area contributed by atoms with Gasteiger partial charge in [0.25, 0.3) is 0 Å². The number of esters is 1. The summed E-state index contributed by atoms with van der Waals surface area (Å²) in [5.74, 6) is -0.210. The zero-order chi connectivity index (χ0) is 27.0. The third kappa shape index (κ3) is 5.43. The van der Waals surface area contributed by atoms with Crippen molar-refractivity contribution < 1.29 is 23.9 Å². The van der Waals surface area contributed by atoms with Crippen molar-refractivity contribution in [2.75, 3.05) is 6.54 Å². The quantitative estimate of drug-likeness (QED) is 0.432. The Morgan fingerprint density at radius 3 is 2.68 bits per heavy atom. The van der Waals surface area contributed by atoms with E-state index in [0.717, 1.165) is 56.2 Å². The van der Waals surface area contributed by atoms with Gasteiger partial charge in [-0.3, -0.25) is 9.59 Å². The fourth-order valence-electron chi connectivity index (χ4n) is 6.15. The monoisotopic (exact) mass is 524 g/mol. The number of amides is 1. The van der Waals surface area contributed by atoms with E-state index in [1.807, 2.05) is 40.0 Å². The summed E-state index contributed by atoms with van der Waals surface area (Å²) in [7, 11) is 0. The molecule has 1 saturated carbocycles. The van der Waals surface area contributed by atoms with Crippen molar-refractivity contribution in [2.45, 2.75) is 97.3 Å². The van der Waals surface area contributed by atoms with Crippen molar-refractivity contribution in [1.29, 1.82) is 0 Å². The number of fused-ring (bicyclic) bond motifs is 5. The SMILES string of the molecule is CC[C@@H]1[C@@H]2CN(C(=O)[C@H](C(C)(C)C)CC(=O)O[C@@H]3C[C@H]3CCCCCc3nc4ccnn4cc3O2)[C@@H]1C=O. The minimum absolute atomic E-state index is 0.0139. The second-order valence-electron chi connectivity index (χ2n) is 12.3. The lowest BCUT2D eigenvalue weighted by atomic mass is 9.77. The molecule has 2 bridgehead atoms. The molecule has 0 N–H and O–H groups in total. The molecule has 1 saturated heterocycles. The molecule has 0 aromatic carbocycles. The molecule has 0 unspecified atom stereocenters.